The van der Waals surface area contributed by atoms with Gasteiger partial charge in [-0.2, -0.15) is 0 Å². The third-order valence-corrected chi connectivity index (χ3v) is 5.28. The smallest absolute Gasteiger partial charge is 0.325 e. The number of urea groups is 1. The summed E-state index contributed by atoms with van der Waals surface area (Å²) in [7, 11) is 1.57. The standard InChI is InChI=1S/C21H24N4O2S/c1-13(2)18(15-8-6-5-7-9-15)19-24-25-21(28-19)23-20(26)22-16-12-14(3)10-11-17(16)27-4/h5-13,18H,1-4H3,(H2,22,23,25,26). The van der Waals surface area contributed by atoms with E-state index in [1.165, 1.54) is 16.9 Å². The molecule has 6 nitrogen and oxygen atoms in total. The first-order chi connectivity index (χ1) is 13.5. The van der Waals surface area contributed by atoms with Gasteiger partial charge in [-0.3, -0.25) is 5.32 Å². The molecule has 3 rings (SSSR count). The molecule has 1 atom stereocenters. The molecule has 2 N–H and O–H groups in total. The van der Waals surface area contributed by atoms with Crippen molar-refractivity contribution in [2.45, 2.75) is 26.7 Å². The summed E-state index contributed by atoms with van der Waals surface area (Å²) < 4.78 is 5.29. The first kappa shape index (κ1) is 19.8. The lowest BCUT2D eigenvalue weighted by Gasteiger charge is -2.18. The van der Waals surface area contributed by atoms with Gasteiger partial charge in [0, 0.05) is 5.92 Å². The number of methoxy groups -OCH3 is 1. The summed E-state index contributed by atoms with van der Waals surface area (Å²) >= 11 is 1.39. The second kappa shape index (κ2) is 8.84. The number of hydrogen-bond donors (Lipinski definition) is 2. The predicted octanol–water partition coefficient (Wildman–Crippen LogP) is 5.29. The van der Waals surface area contributed by atoms with Crippen LogP contribution in [0.1, 0.15) is 35.9 Å². The Morgan fingerprint density at radius 3 is 2.50 bits per heavy atom. The van der Waals surface area contributed by atoms with Crippen molar-refractivity contribution in [1.82, 2.24) is 10.2 Å². The number of aryl methyl sites for hydroxylation is 1. The Morgan fingerprint density at radius 2 is 1.82 bits per heavy atom. The maximum atomic E-state index is 12.4. The van der Waals surface area contributed by atoms with Crippen LogP contribution in [-0.2, 0) is 0 Å². The summed E-state index contributed by atoms with van der Waals surface area (Å²) in [6, 6.07) is 15.4. The quantitative estimate of drug-likeness (QED) is 0.594. The van der Waals surface area contributed by atoms with Gasteiger partial charge in [-0.25, -0.2) is 4.79 Å². The molecule has 7 heteroatoms. The van der Waals surface area contributed by atoms with Gasteiger partial charge in [0.15, 0.2) is 0 Å². The van der Waals surface area contributed by atoms with E-state index in [4.69, 9.17) is 4.74 Å². The summed E-state index contributed by atoms with van der Waals surface area (Å²) in [5, 5.41) is 15.4. The monoisotopic (exact) mass is 396 g/mol. The molecule has 2 amide bonds. The van der Waals surface area contributed by atoms with Gasteiger partial charge in [0.1, 0.15) is 10.8 Å². The number of amides is 2. The highest BCUT2D eigenvalue weighted by molar-refractivity contribution is 7.15. The fraction of sp³-hybridized carbons (Fsp3) is 0.286. The first-order valence-electron chi connectivity index (χ1n) is 9.09. The third kappa shape index (κ3) is 4.67. The molecule has 146 valence electrons. The van der Waals surface area contributed by atoms with Crippen LogP contribution in [0, 0.1) is 12.8 Å². The number of nitrogens with one attached hydrogen (secondary N) is 2. The largest absolute Gasteiger partial charge is 0.495 e. The second-order valence-electron chi connectivity index (χ2n) is 6.86. The zero-order valence-electron chi connectivity index (χ0n) is 16.4. The van der Waals surface area contributed by atoms with Crippen LogP contribution in [0.25, 0.3) is 0 Å². The van der Waals surface area contributed by atoms with Crippen molar-refractivity contribution < 1.29 is 9.53 Å². The minimum Gasteiger partial charge on any atom is -0.495 e. The number of benzene rings is 2. The average molecular weight is 397 g/mol. The van der Waals surface area contributed by atoms with E-state index in [9.17, 15) is 4.79 Å². The molecule has 0 saturated carbocycles. The number of carbonyl (C=O) groups is 1. The Kier molecular flexibility index (Phi) is 6.26. The molecule has 0 aliphatic carbocycles. The maximum Gasteiger partial charge on any atom is 0.325 e. The molecule has 1 aromatic heterocycles. The lowest BCUT2D eigenvalue weighted by Crippen LogP contribution is -2.19. The van der Waals surface area contributed by atoms with Crippen LogP contribution in [0.4, 0.5) is 15.6 Å². The van der Waals surface area contributed by atoms with E-state index in [0.29, 0.717) is 22.5 Å². The molecule has 1 unspecified atom stereocenters. The number of carbonyl (C=O) groups excluding carboxylic acids is 1. The summed E-state index contributed by atoms with van der Waals surface area (Å²) in [6.45, 7) is 6.26. The SMILES string of the molecule is COc1ccc(C)cc1NC(=O)Nc1nnc(C(c2ccccc2)C(C)C)s1. The fourth-order valence-electron chi connectivity index (χ4n) is 3.05. The van der Waals surface area contributed by atoms with Gasteiger partial charge in [0.05, 0.1) is 12.8 Å². The van der Waals surface area contributed by atoms with Crippen LogP contribution in [0.3, 0.4) is 0 Å². The molecule has 1 heterocycles. The van der Waals surface area contributed by atoms with Crippen LogP contribution >= 0.6 is 11.3 Å². The molecule has 0 fully saturated rings. The molecule has 0 aliphatic rings. The molecule has 0 saturated heterocycles. The van der Waals surface area contributed by atoms with Crippen molar-refractivity contribution in [2.75, 3.05) is 17.7 Å². The van der Waals surface area contributed by atoms with Crippen molar-refractivity contribution in [1.29, 1.82) is 0 Å². The lowest BCUT2D eigenvalue weighted by atomic mass is 9.89. The average Bonchev–Trinajstić information content (AvgIpc) is 3.10. The van der Waals surface area contributed by atoms with E-state index in [1.807, 2.05) is 43.3 Å². The molecule has 0 radical (unpaired) electrons. The van der Waals surface area contributed by atoms with Gasteiger partial charge in [-0.15, -0.1) is 10.2 Å². The lowest BCUT2D eigenvalue weighted by molar-refractivity contribution is 0.262. The maximum absolute atomic E-state index is 12.4. The molecule has 0 spiro atoms. The highest BCUT2D eigenvalue weighted by Gasteiger charge is 2.23. The number of nitrogens with zero attached hydrogens (tertiary/aromatic N) is 2. The van der Waals surface area contributed by atoms with E-state index in [-0.39, 0.29) is 11.9 Å². The number of anilines is 2. The zero-order valence-corrected chi connectivity index (χ0v) is 17.2. The van der Waals surface area contributed by atoms with Gasteiger partial charge in [-0.1, -0.05) is 61.6 Å². The van der Waals surface area contributed by atoms with E-state index < -0.39 is 0 Å². The fourth-order valence-corrected chi connectivity index (χ4v) is 4.09. The molecule has 28 heavy (non-hydrogen) atoms. The number of ether oxygens (including phenoxy) is 1. The summed E-state index contributed by atoms with van der Waals surface area (Å²) in [4.78, 5) is 12.4. The van der Waals surface area contributed by atoms with Gasteiger partial charge in [0.25, 0.3) is 0 Å². The first-order valence-corrected chi connectivity index (χ1v) is 9.90. The van der Waals surface area contributed by atoms with Crippen molar-refractivity contribution in [3.8, 4) is 5.75 Å². The highest BCUT2D eigenvalue weighted by atomic mass is 32.1. The van der Waals surface area contributed by atoms with Crippen LogP contribution in [0.2, 0.25) is 0 Å². The molecule has 0 aliphatic heterocycles. The van der Waals surface area contributed by atoms with E-state index in [2.05, 4.69) is 46.8 Å². The minimum absolute atomic E-state index is 0.133. The summed E-state index contributed by atoms with van der Waals surface area (Å²) in [5.41, 5.74) is 2.82. The Balaban J connectivity index is 1.74. The topological polar surface area (TPSA) is 76.1 Å². The van der Waals surface area contributed by atoms with E-state index in [1.54, 1.807) is 7.11 Å². The Labute approximate surface area is 169 Å². The van der Waals surface area contributed by atoms with E-state index in [0.717, 1.165) is 10.6 Å². The number of rotatable bonds is 6. The molecular formula is C21H24N4O2S. The third-order valence-electron chi connectivity index (χ3n) is 4.36. The van der Waals surface area contributed by atoms with Crippen LogP contribution < -0.4 is 15.4 Å². The molecule has 0 bridgehead atoms. The van der Waals surface area contributed by atoms with Gasteiger partial charge >= 0.3 is 6.03 Å². The Bertz CT molecular complexity index is 941. The Morgan fingerprint density at radius 1 is 1.07 bits per heavy atom. The van der Waals surface area contributed by atoms with Crippen molar-refractivity contribution >= 4 is 28.2 Å². The van der Waals surface area contributed by atoms with Crippen LogP contribution in [0.5, 0.6) is 5.75 Å². The summed E-state index contributed by atoms with van der Waals surface area (Å²) in [5.74, 6) is 1.09. The zero-order chi connectivity index (χ0) is 20.1. The molecule has 3 aromatic rings. The summed E-state index contributed by atoms with van der Waals surface area (Å²) in [6.07, 6.45) is 0. The normalized spacial score (nSPS) is 11.9. The van der Waals surface area contributed by atoms with Gasteiger partial charge in [-0.05, 0) is 36.1 Å². The van der Waals surface area contributed by atoms with Crippen molar-refractivity contribution in [2.24, 2.45) is 5.92 Å². The second-order valence-corrected chi connectivity index (χ2v) is 7.87. The van der Waals surface area contributed by atoms with Crippen molar-refractivity contribution in [3.63, 3.8) is 0 Å². The van der Waals surface area contributed by atoms with Crippen LogP contribution in [0.15, 0.2) is 48.5 Å². The highest BCUT2D eigenvalue weighted by Crippen LogP contribution is 2.35. The number of aromatic nitrogens is 2. The predicted molar refractivity (Wildman–Crippen MR) is 113 cm³/mol. The van der Waals surface area contributed by atoms with Crippen LogP contribution in [-0.4, -0.2) is 23.3 Å². The minimum atomic E-state index is -0.382. The van der Waals surface area contributed by atoms with Gasteiger partial charge < -0.3 is 10.1 Å². The molecular weight excluding hydrogens is 372 g/mol. The molecule has 2 aromatic carbocycles. The van der Waals surface area contributed by atoms with Crippen molar-refractivity contribution in [3.05, 3.63) is 64.7 Å². The Hall–Kier alpha value is -2.93. The number of hydrogen-bond acceptors (Lipinski definition) is 5. The van der Waals surface area contributed by atoms with E-state index >= 15 is 0 Å². The van der Waals surface area contributed by atoms with Gasteiger partial charge in [0.2, 0.25) is 5.13 Å².